The number of sulfonamides is 1. The summed E-state index contributed by atoms with van der Waals surface area (Å²) in [6.45, 7) is 3.17. The van der Waals surface area contributed by atoms with Gasteiger partial charge in [0.15, 0.2) is 17.1 Å². The first-order chi connectivity index (χ1) is 18.4. The molecule has 0 bridgehead atoms. The summed E-state index contributed by atoms with van der Waals surface area (Å²) in [7, 11) is -0.819. The van der Waals surface area contributed by atoms with Gasteiger partial charge in [0.2, 0.25) is 10.0 Å². The Balaban J connectivity index is 1.46. The molecule has 0 saturated carbocycles. The first-order valence-corrected chi connectivity index (χ1v) is 13.2. The van der Waals surface area contributed by atoms with Crippen LogP contribution in [0.5, 0.6) is 5.75 Å². The lowest BCUT2D eigenvalue weighted by Gasteiger charge is -2.21. The van der Waals surface area contributed by atoms with E-state index in [0.717, 1.165) is 5.39 Å². The molecule has 12 nitrogen and oxygen atoms in total. The van der Waals surface area contributed by atoms with Gasteiger partial charge in [0, 0.05) is 38.3 Å². The number of rotatable bonds is 13. The Hall–Kier alpha value is -3.78. The Morgan fingerprint density at radius 3 is 2.37 bits per heavy atom. The van der Waals surface area contributed by atoms with Gasteiger partial charge in [-0.1, -0.05) is 17.2 Å². The molecule has 4 rings (SSSR count). The average molecular weight is 545 g/mol. The molecule has 0 saturated heterocycles. The number of nitrogens with one attached hydrogen (secondary N) is 1. The Morgan fingerprint density at radius 1 is 1.00 bits per heavy atom. The number of nitrogens with zero attached hydrogens (tertiary/aromatic N) is 3. The molecule has 4 aromatic rings. The maximum absolute atomic E-state index is 13.0. The predicted octanol–water partition coefficient (Wildman–Crippen LogP) is 3.42. The monoisotopic (exact) mass is 544 g/mol. The summed E-state index contributed by atoms with van der Waals surface area (Å²) in [5, 5.41) is 11.1. The van der Waals surface area contributed by atoms with Gasteiger partial charge in [-0.3, -0.25) is 10.1 Å². The number of carbonyl (C=O) groups excluding carboxylic acids is 1. The maximum atomic E-state index is 13.0. The molecule has 0 aliphatic carbocycles. The SMILES string of the molecule is CCOc1cccc2cc(-c3nnc(NC(=O)c4ccc(S(=O)(=O)N(CCOC)CCOC)cc4)o3)oc12. The number of aromatic nitrogens is 2. The summed E-state index contributed by atoms with van der Waals surface area (Å²) >= 11 is 0. The fourth-order valence-electron chi connectivity index (χ4n) is 3.62. The standard InChI is InChI=1S/C25H28N4O8S/c1-4-35-20-7-5-6-18-16-21(36-22(18)20)24-27-28-25(37-24)26-23(30)17-8-10-19(11-9-17)38(31,32)29(12-14-33-2)13-15-34-3/h5-11,16H,4,12-15H2,1-3H3,(H,26,28,30). The van der Waals surface area contributed by atoms with E-state index in [1.54, 1.807) is 12.1 Å². The van der Waals surface area contributed by atoms with Crippen LogP contribution in [0.15, 0.2) is 62.3 Å². The molecule has 0 aliphatic heterocycles. The van der Waals surface area contributed by atoms with Crippen LogP contribution in [0.25, 0.3) is 22.6 Å². The number of fused-ring (bicyclic) bond motifs is 1. The predicted molar refractivity (Wildman–Crippen MR) is 138 cm³/mol. The highest BCUT2D eigenvalue weighted by Gasteiger charge is 2.24. The van der Waals surface area contributed by atoms with Crippen LogP contribution in [0.4, 0.5) is 6.01 Å². The topological polar surface area (TPSA) is 146 Å². The van der Waals surface area contributed by atoms with Gasteiger partial charge in [-0.05, 0) is 43.3 Å². The molecule has 2 heterocycles. The van der Waals surface area contributed by atoms with Crippen LogP contribution < -0.4 is 10.1 Å². The number of hydrogen-bond acceptors (Lipinski definition) is 10. The molecule has 2 aromatic heterocycles. The normalized spacial score (nSPS) is 11.8. The van der Waals surface area contributed by atoms with Gasteiger partial charge in [0.25, 0.3) is 11.8 Å². The van der Waals surface area contributed by atoms with E-state index in [2.05, 4.69) is 15.5 Å². The third-order valence-corrected chi connectivity index (χ3v) is 7.42. The van der Waals surface area contributed by atoms with Crippen molar-refractivity contribution in [3.05, 3.63) is 54.1 Å². The van der Waals surface area contributed by atoms with Crippen molar-refractivity contribution in [2.75, 3.05) is 52.4 Å². The number of ether oxygens (including phenoxy) is 3. The third-order valence-electron chi connectivity index (χ3n) is 5.51. The number of anilines is 1. The van der Waals surface area contributed by atoms with Gasteiger partial charge in [0.1, 0.15) is 0 Å². The van der Waals surface area contributed by atoms with Crippen molar-refractivity contribution in [1.82, 2.24) is 14.5 Å². The Bertz CT molecular complexity index is 1470. The van der Waals surface area contributed by atoms with Crippen LogP contribution in [0.3, 0.4) is 0 Å². The minimum Gasteiger partial charge on any atom is -0.490 e. The highest BCUT2D eigenvalue weighted by molar-refractivity contribution is 7.89. The molecular formula is C25H28N4O8S. The van der Waals surface area contributed by atoms with Crippen molar-refractivity contribution in [2.45, 2.75) is 11.8 Å². The Morgan fingerprint density at radius 2 is 1.71 bits per heavy atom. The number of furan rings is 1. The van der Waals surface area contributed by atoms with Crippen LogP contribution in [0.1, 0.15) is 17.3 Å². The molecule has 0 spiro atoms. The zero-order valence-corrected chi connectivity index (χ0v) is 22.0. The lowest BCUT2D eigenvalue weighted by Crippen LogP contribution is -2.36. The molecular weight excluding hydrogens is 516 g/mol. The average Bonchev–Trinajstić information content (AvgIpc) is 3.56. The fourth-order valence-corrected chi connectivity index (χ4v) is 5.03. The molecule has 202 valence electrons. The number of amides is 1. The van der Waals surface area contributed by atoms with Crippen molar-refractivity contribution >= 4 is 32.9 Å². The minimum absolute atomic E-state index is 0.0395. The van der Waals surface area contributed by atoms with E-state index in [9.17, 15) is 13.2 Å². The second-order valence-corrected chi connectivity index (χ2v) is 9.94. The third kappa shape index (κ3) is 6.02. The Labute approximate surface area is 219 Å². The van der Waals surface area contributed by atoms with Crippen molar-refractivity contribution in [3.8, 4) is 17.4 Å². The zero-order chi connectivity index (χ0) is 27.1. The van der Waals surface area contributed by atoms with E-state index >= 15 is 0 Å². The number of methoxy groups -OCH3 is 2. The number of hydrogen-bond donors (Lipinski definition) is 1. The van der Waals surface area contributed by atoms with E-state index in [4.69, 9.17) is 23.0 Å². The van der Waals surface area contributed by atoms with Crippen LogP contribution in [0.2, 0.25) is 0 Å². The zero-order valence-electron chi connectivity index (χ0n) is 21.2. The molecule has 0 unspecified atom stereocenters. The van der Waals surface area contributed by atoms with Crippen molar-refractivity contribution in [3.63, 3.8) is 0 Å². The first-order valence-electron chi connectivity index (χ1n) is 11.8. The second-order valence-electron chi connectivity index (χ2n) is 8.00. The number of para-hydroxylation sites is 1. The van der Waals surface area contributed by atoms with Gasteiger partial charge in [-0.15, -0.1) is 5.10 Å². The highest BCUT2D eigenvalue weighted by Crippen LogP contribution is 2.33. The van der Waals surface area contributed by atoms with E-state index in [0.29, 0.717) is 23.7 Å². The Kier molecular flexibility index (Phi) is 8.73. The molecule has 13 heteroatoms. The van der Waals surface area contributed by atoms with E-state index in [-0.39, 0.29) is 48.7 Å². The van der Waals surface area contributed by atoms with Gasteiger partial charge < -0.3 is 23.0 Å². The van der Waals surface area contributed by atoms with Crippen LogP contribution >= 0.6 is 0 Å². The summed E-state index contributed by atoms with van der Waals surface area (Å²) in [5.74, 6) is 0.437. The summed E-state index contributed by atoms with van der Waals surface area (Å²) < 4.78 is 54.4. The van der Waals surface area contributed by atoms with Gasteiger partial charge >= 0.3 is 6.01 Å². The smallest absolute Gasteiger partial charge is 0.322 e. The number of carbonyl (C=O) groups is 1. The molecule has 1 amide bonds. The van der Waals surface area contributed by atoms with Gasteiger partial charge in [-0.2, -0.15) is 4.31 Å². The van der Waals surface area contributed by atoms with Crippen molar-refractivity contribution in [2.24, 2.45) is 0 Å². The largest absolute Gasteiger partial charge is 0.490 e. The molecule has 0 fully saturated rings. The first kappa shape index (κ1) is 27.3. The van der Waals surface area contributed by atoms with E-state index in [1.165, 1.54) is 42.8 Å². The molecule has 0 radical (unpaired) electrons. The van der Waals surface area contributed by atoms with Crippen LogP contribution in [0, 0.1) is 0 Å². The summed E-state index contributed by atoms with van der Waals surface area (Å²) in [6.07, 6.45) is 0. The molecule has 0 aliphatic rings. The maximum Gasteiger partial charge on any atom is 0.322 e. The van der Waals surface area contributed by atoms with E-state index < -0.39 is 15.9 Å². The van der Waals surface area contributed by atoms with Crippen LogP contribution in [-0.2, 0) is 19.5 Å². The quantitative estimate of drug-likeness (QED) is 0.266. The molecule has 38 heavy (non-hydrogen) atoms. The molecule has 0 atom stereocenters. The highest BCUT2D eigenvalue weighted by atomic mass is 32.2. The lowest BCUT2D eigenvalue weighted by molar-refractivity contribution is 0.102. The van der Waals surface area contributed by atoms with Gasteiger partial charge in [-0.25, -0.2) is 8.42 Å². The van der Waals surface area contributed by atoms with Crippen molar-refractivity contribution < 1.29 is 36.3 Å². The van der Waals surface area contributed by atoms with E-state index in [1.807, 2.05) is 19.1 Å². The van der Waals surface area contributed by atoms with Gasteiger partial charge in [0.05, 0.1) is 24.7 Å². The lowest BCUT2D eigenvalue weighted by atomic mass is 10.2. The second kappa shape index (κ2) is 12.2. The van der Waals surface area contributed by atoms with Crippen LogP contribution in [-0.4, -0.2) is 76.0 Å². The van der Waals surface area contributed by atoms with Crippen molar-refractivity contribution in [1.29, 1.82) is 0 Å². The summed E-state index contributed by atoms with van der Waals surface area (Å²) in [6, 6.07) is 12.6. The molecule has 2 aromatic carbocycles. The molecule has 1 N–H and O–H groups in total. The minimum atomic E-state index is -3.81. The fraction of sp³-hybridized carbons (Fsp3) is 0.320. The summed E-state index contributed by atoms with van der Waals surface area (Å²) in [5.41, 5.74) is 0.750. The summed E-state index contributed by atoms with van der Waals surface area (Å²) in [4.78, 5) is 12.8. The number of benzene rings is 2.